The maximum atomic E-state index is 13.9. The number of hydrogen-bond acceptors (Lipinski definition) is 3. The molecule has 5 nitrogen and oxygen atoms in total. The lowest BCUT2D eigenvalue weighted by atomic mass is 10.1. The van der Waals surface area contributed by atoms with Crippen LogP contribution in [0, 0.1) is 18.6 Å². The number of nitrogens with one attached hydrogen (secondary N) is 2. The van der Waals surface area contributed by atoms with E-state index in [1.54, 1.807) is 31.2 Å². The lowest BCUT2D eigenvalue weighted by Gasteiger charge is -2.04. The number of furan rings is 1. The highest BCUT2D eigenvalue weighted by molar-refractivity contribution is 5.96. The van der Waals surface area contributed by atoms with E-state index < -0.39 is 11.6 Å². The van der Waals surface area contributed by atoms with Gasteiger partial charge in [-0.3, -0.25) is 4.79 Å². The van der Waals surface area contributed by atoms with E-state index in [-0.39, 0.29) is 17.2 Å². The van der Waals surface area contributed by atoms with Crippen LogP contribution < -0.4 is 11.1 Å². The first-order valence-corrected chi connectivity index (χ1v) is 8.46. The van der Waals surface area contributed by atoms with Crippen molar-refractivity contribution >= 4 is 33.5 Å². The summed E-state index contributed by atoms with van der Waals surface area (Å²) in [7, 11) is 0. The third kappa shape index (κ3) is 3.12. The van der Waals surface area contributed by atoms with E-state index in [1.165, 1.54) is 6.07 Å². The highest BCUT2D eigenvalue weighted by Crippen LogP contribution is 2.26. The minimum absolute atomic E-state index is 0.184. The lowest BCUT2D eigenvalue weighted by Crippen LogP contribution is -2.25. The van der Waals surface area contributed by atoms with E-state index in [2.05, 4.69) is 10.3 Å². The minimum Gasteiger partial charge on any atom is -0.451 e. The van der Waals surface area contributed by atoms with Crippen LogP contribution in [0.15, 0.2) is 40.8 Å². The number of H-pyrrole nitrogens is 1. The zero-order valence-electron chi connectivity index (χ0n) is 14.5. The zero-order valence-corrected chi connectivity index (χ0v) is 14.5. The molecule has 27 heavy (non-hydrogen) atoms. The maximum Gasteiger partial charge on any atom is 0.287 e. The molecule has 0 saturated heterocycles. The van der Waals surface area contributed by atoms with Gasteiger partial charge in [-0.25, -0.2) is 8.78 Å². The summed E-state index contributed by atoms with van der Waals surface area (Å²) >= 11 is 0. The number of carbonyl (C=O) groups is 1. The summed E-state index contributed by atoms with van der Waals surface area (Å²) < 4.78 is 32.9. The van der Waals surface area contributed by atoms with Crippen molar-refractivity contribution in [1.29, 1.82) is 0 Å². The Bertz CT molecular complexity index is 1180. The molecule has 0 aliphatic heterocycles. The molecule has 4 N–H and O–H groups in total. The van der Waals surface area contributed by atoms with Crippen molar-refractivity contribution in [3.05, 3.63) is 65.1 Å². The highest BCUT2D eigenvalue weighted by Gasteiger charge is 2.15. The average Bonchev–Trinajstić information content (AvgIpc) is 3.16. The molecule has 0 aliphatic rings. The Hall–Kier alpha value is -3.35. The largest absolute Gasteiger partial charge is 0.451 e. The number of benzene rings is 2. The van der Waals surface area contributed by atoms with Crippen LogP contribution in [-0.4, -0.2) is 17.4 Å². The zero-order chi connectivity index (χ0) is 19.1. The second-order valence-electron chi connectivity index (χ2n) is 6.45. The second-order valence-corrected chi connectivity index (χ2v) is 6.45. The molecule has 2 aromatic carbocycles. The molecule has 0 saturated carbocycles. The molecule has 0 atom stereocenters. The van der Waals surface area contributed by atoms with Crippen molar-refractivity contribution in [1.82, 2.24) is 10.3 Å². The van der Waals surface area contributed by atoms with Crippen LogP contribution in [-0.2, 0) is 6.42 Å². The van der Waals surface area contributed by atoms with Crippen molar-refractivity contribution in [2.75, 3.05) is 12.3 Å². The standard InChI is InChI=1S/C20H17F2N3O2/c1-10-14(15-8-12(21)9-16(22)19(15)25-10)4-5-24-20(26)18-7-11-6-13(23)2-3-17(11)27-18/h2-3,6-9,25H,4-5,23H2,1H3,(H,24,26). The van der Waals surface area contributed by atoms with Crippen LogP contribution in [0.3, 0.4) is 0 Å². The molecule has 1 amide bonds. The van der Waals surface area contributed by atoms with Crippen LogP contribution in [0.2, 0.25) is 0 Å². The van der Waals surface area contributed by atoms with E-state index >= 15 is 0 Å². The van der Waals surface area contributed by atoms with Gasteiger partial charge in [-0.05, 0) is 49.2 Å². The first kappa shape index (κ1) is 17.1. The third-order valence-electron chi connectivity index (χ3n) is 4.57. The fourth-order valence-electron chi connectivity index (χ4n) is 3.29. The van der Waals surface area contributed by atoms with Gasteiger partial charge in [0.25, 0.3) is 5.91 Å². The Morgan fingerprint density at radius 1 is 1.22 bits per heavy atom. The third-order valence-corrected chi connectivity index (χ3v) is 4.57. The summed E-state index contributed by atoms with van der Waals surface area (Å²) in [6.07, 6.45) is 0.424. The van der Waals surface area contributed by atoms with E-state index in [0.29, 0.717) is 29.6 Å². The Morgan fingerprint density at radius 2 is 2.04 bits per heavy atom. The molecule has 7 heteroatoms. The molecule has 4 rings (SSSR count). The number of nitrogens with two attached hydrogens (primary N) is 1. The van der Waals surface area contributed by atoms with Crippen molar-refractivity contribution in [3.63, 3.8) is 0 Å². The molecular weight excluding hydrogens is 352 g/mol. The van der Waals surface area contributed by atoms with Crippen molar-refractivity contribution in [2.24, 2.45) is 0 Å². The number of rotatable bonds is 4. The molecule has 0 fully saturated rings. The molecule has 0 unspecified atom stereocenters. The summed E-state index contributed by atoms with van der Waals surface area (Å²) in [6.45, 7) is 2.09. The number of nitrogen functional groups attached to an aromatic ring is 1. The van der Waals surface area contributed by atoms with Gasteiger partial charge >= 0.3 is 0 Å². The first-order valence-electron chi connectivity index (χ1n) is 8.46. The molecule has 2 aromatic heterocycles. The van der Waals surface area contributed by atoms with Gasteiger partial charge in [0.1, 0.15) is 17.2 Å². The van der Waals surface area contributed by atoms with E-state index in [4.69, 9.17) is 10.2 Å². The highest BCUT2D eigenvalue weighted by atomic mass is 19.1. The normalized spacial score (nSPS) is 11.4. The van der Waals surface area contributed by atoms with Crippen LogP contribution in [0.1, 0.15) is 21.8 Å². The number of hydrogen-bond donors (Lipinski definition) is 3. The van der Waals surface area contributed by atoms with Gasteiger partial charge in [-0.1, -0.05) is 0 Å². The van der Waals surface area contributed by atoms with E-state index in [0.717, 1.165) is 22.7 Å². The van der Waals surface area contributed by atoms with Crippen molar-refractivity contribution < 1.29 is 18.0 Å². The van der Waals surface area contributed by atoms with Gasteiger partial charge in [-0.15, -0.1) is 0 Å². The SMILES string of the molecule is Cc1[nH]c2c(F)cc(F)cc2c1CCNC(=O)c1cc2cc(N)ccc2o1. The van der Waals surface area contributed by atoms with Crippen LogP contribution in [0.25, 0.3) is 21.9 Å². The molecule has 0 aliphatic carbocycles. The summed E-state index contributed by atoms with van der Waals surface area (Å²) in [5.41, 5.74) is 8.66. The number of amides is 1. The molecule has 0 spiro atoms. The summed E-state index contributed by atoms with van der Waals surface area (Å²) in [5.74, 6) is -1.45. The summed E-state index contributed by atoms with van der Waals surface area (Å²) in [6, 6.07) is 8.91. The van der Waals surface area contributed by atoms with Gasteiger partial charge < -0.3 is 20.5 Å². The topological polar surface area (TPSA) is 84.0 Å². The fourth-order valence-corrected chi connectivity index (χ4v) is 3.29. The Kier molecular flexibility index (Phi) is 4.07. The van der Waals surface area contributed by atoms with E-state index in [1.807, 2.05) is 0 Å². The van der Waals surface area contributed by atoms with Crippen LogP contribution >= 0.6 is 0 Å². The van der Waals surface area contributed by atoms with Gasteiger partial charge in [0.2, 0.25) is 0 Å². The minimum atomic E-state index is -0.634. The van der Waals surface area contributed by atoms with Gasteiger partial charge in [0, 0.05) is 34.8 Å². The Morgan fingerprint density at radius 3 is 2.85 bits per heavy atom. The number of aryl methyl sites for hydroxylation is 1. The fraction of sp³-hybridized carbons (Fsp3) is 0.150. The van der Waals surface area contributed by atoms with E-state index in [9.17, 15) is 13.6 Å². The molecule has 4 aromatic rings. The summed E-state index contributed by atoms with van der Waals surface area (Å²) in [4.78, 5) is 15.3. The predicted octanol–water partition coefficient (Wildman–Crippen LogP) is 4.06. The van der Waals surface area contributed by atoms with Gasteiger partial charge in [0.05, 0.1) is 5.52 Å². The molecular formula is C20H17F2N3O2. The monoisotopic (exact) mass is 369 g/mol. The van der Waals surface area contributed by atoms with Crippen molar-refractivity contribution in [3.8, 4) is 0 Å². The van der Waals surface area contributed by atoms with Crippen LogP contribution in [0.4, 0.5) is 14.5 Å². The van der Waals surface area contributed by atoms with Gasteiger partial charge in [-0.2, -0.15) is 0 Å². The average molecular weight is 369 g/mol. The maximum absolute atomic E-state index is 13.9. The second kappa shape index (κ2) is 6.42. The number of aromatic amines is 1. The smallest absolute Gasteiger partial charge is 0.287 e. The van der Waals surface area contributed by atoms with Crippen LogP contribution in [0.5, 0.6) is 0 Å². The Labute approximate surface area is 153 Å². The van der Waals surface area contributed by atoms with Gasteiger partial charge in [0.15, 0.2) is 5.76 Å². The first-order chi connectivity index (χ1) is 12.9. The number of fused-ring (bicyclic) bond motifs is 2. The Balaban J connectivity index is 1.50. The predicted molar refractivity (Wildman–Crippen MR) is 99.6 cm³/mol. The lowest BCUT2D eigenvalue weighted by molar-refractivity contribution is 0.0928. The number of aromatic nitrogens is 1. The molecule has 0 radical (unpaired) electrons. The quantitative estimate of drug-likeness (QED) is 0.475. The molecule has 0 bridgehead atoms. The molecule has 138 valence electrons. The number of carbonyl (C=O) groups excluding carboxylic acids is 1. The number of halogens is 2. The molecule has 2 heterocycles. The number of anilines is 1. The van der Waals surface area contributed by atoms with Crippen molar-refractivity contribution in [2.45, 2.75) is 13.3 Å². The summed E-state index contributed by atoms with van der Waals surface area (Å²) in [5, 5.41) is 4.00.